The molecule has 0 aliphatic heterocycles. The van der Waals surface area contributed by atoms with Crippen LogP contribution in [0.2, 0.25) is 0 Å². The van der Waals surface area contributed by atoms with Crippen molar-refractivity contribution in [1.29, 1.82) is 0 Å². The molecule has 1 amide bonds. The van der Waals surface area contributed by atoms with E-state index in [2.05, 4.69) is 10.3 Å². The molecule has 1 N–H and O–H groups in total. The van der Waals surface area contributed by atoms with Gasteiger partial charge in [0.25, 0.3) is 0 Å². The first-order valence-electron chi connectivity index (χ1n) is 7.88. The van der Waals surface area contributed by atoms with Gasteiger partial charge in [0.15, 0.2) is 0 Å². The minimum Gasteiger partial charge on any atom is -0.310 e. The van der Waals surface area contributed by atoms with E-state index in [9.17, 15) is 4.79 Å². The van der Waals surface area contributed by atoms with E-state index >= 15 is 0 Å². The largest absolute Gasteiger partial charge is 0.310 e. The Kier molecular flexibility index (Phi) is 2.66. The normalized spacial score (nSPS) is 38.0. The average molecular weight is 270 g/mol. The van der Waals surface area contributed by atoms with Crippen LogP contribution >= 0.6 is 0 Å². The van der Waals surface area contributed by atoms with E-state index < -0.39 is 0 Å². The Balaban J connectivity index is 1.56. The zero-order valence-corrected chi connectivity index (χ0v) is 12.1. The maximum absolute atomic E-state index is 12.8. The molecule has 5 rings (SSSR count). The molecule has 4 fully saturated rings. The molecule has 0 radical (unpaired) electrons. The molecule has 3 heteroatoms. The number of aryl methyl sites for hydroxylation is 1. The summed E-state index contributed by atoms with van der Waals surface area (Å²) >= 11 is 0. The number of aromatic nitrogens is 1. The van der Waals surface area contributed by atoms with Gasteiger partial charge in [0.1, 0.15) is 5.82 Å². The number of rotatable bonds is 2. The number of carbonyl (C=O) groups is 1. The van der Waals surface area contributed by atoms with Gasteiger partial charge in [-0.05, 0) is 75.3 Å². The van der Waals surface area contributed by atoms with Gasteiger partial charge in [0.2, 0.25) is 5.91 Å². The second-order valence-corrected chi connectivity index (χ2v) is 7.32. The summed E-state index contributed by atoms with van der Waals surface area (Å²) < 4.78 is 0. The quantitative estimate of drug-likeness (QED) is 0.893. The first-order valence-corrected chi connectivity index (χ1v) is 7.88. The molecule has 0 atom stereocenters. The summed E-state index contributed by atoms with van der Waals surface area (Å²) in [6.07, 6.45) is 7.43. The van der Waals surface area contributed by atoms with Gasteiger partial charge in [-0.1, -0.05) is 6.07 Å². The predicted octanol–water partition coefficient (Wildman–Crippen LogP) is 3.54. The molecular weight excluding hydrogens is 248 g/mol. The molecule has 0 saturated heterocycles. The lowest BCUT2D eigenvalue weighted by Crippen LogP contribution is -2.51. The fourth-order valence-electron chi connectivity index (χ4n) is 5.25. The van der Waals surface area contributed by atoms with Crippen LogP contribution in [0.3, 0.4) is 0 Å². The zero-order valence-electron chi connectivity index (χ0n) is 12.1. The highest BCUT2D eigenvalue weighted by atomic mass is 16.2. The summed E-state index contributed by atoms with van der Waals surface area (Å²) in [5.41, 5.74) is 0.869. The fourth-order valence-corrected chi connectivity index (χ4v) is 5.25. The second-order valence-electron chi connectivity index (χ2n) is 7.32. The van der Waals surface area contributed by atoms with Crippen LogP contribution in [0.4, 0.5) is 5.82 Å². The summed E-state index contributed by atoms with van der Waals surface area (Å²) in [5.74, 6) is 3.35. The summed E-state index contributed by atoms with van der Waals surface area (Å²) in [6, 6.07) is 5.81. The van der Waals surface area contributed by atoms with Crippen LogP contribution in [0.1, 0.15) is 44.2 Å². The third-order valence-electron chi connectivity index (χ3n) is 5.65. The number of pyridine rings is 1. The molecule has 3 nitrogen and oxygen atoms in total. The van der Waals surface area contributed by atoms with Crippen LogP contribution in [-0.4, -0.2) is 10.9 Å². The molecule has 0 aromatic carbocycles. The highest BCUT2D eigenvalue weighted by molar-refractivity contribution is 5.94. The molecule has 1 aromatic rings. The maximum Gasteiger partial charge on any atom is 0.231 e. The monoisotopic (exact) mass is 270 g/mol. The number of nitrogens with zero attached hydrogens (tertiary/aromatic N) is 1. The highest BCUT2D eigenvalue weighted by Crippen LogP contribution is 2.60. The molecule has 4 bridgehead atoms. The molecule has 4 saturated carbocycles. The molecule has 0 unspecified atom stereocenters. The van der Waals surface area contributed by atoms with Gasteiger partial charge in [-0.25, -0.2) is 4.98 Å². The van der Waals surface area contributed by atoms with Crippen LogP contribution in [0.15, 0.2) is 18.2 Å². The molecule has 1 aromatic heterocycles. The first-order chi connectivity index (χ1) is 9.63. The smallest absolute Gasteiger partial charge is 0.231 e. The predicted molar refractivity (Wildman–Crippen MR) is 78.2 cm³/mol. The lowest BCUT2D eigenvalue weighted by Gasteiger charge is -2.55. The van der Waals surface area contributed by atoms with Gasteiger partial charge >= 0.3 is 0 Å². The van der Waals surface area contributed by atoms with Crippen LogP contribution in [0.5, 0.6) is 0 Å². The van der Waals surface area contributed by atoms with E-state index in [1.807, 2.05) is 25.1 Å². The molecule has 4 aliphatic rings. The van der Waals surface area contributed by atoms with E-state index in [4.69, 9.17) is 0 Å². The number of carbonyl (C=O) groups excluding carboxylic acids is 1. The second kappa shape index (κ2) is 4.31. The van der Waals surface area contributed by atoms with Crippen LogP contribution in [-0.2, 0) is 4.79 Å². The lowest BCUT2D eigenvalue weighted by molar-refractivity contribution is -0.140. The fraction of sp³-hybridized carbons (Fsp3) is 0.647. The maximum atomic E-state index is 12.8. The average Bonchev–Trinajstić information content (AvgIpc) is 2.37. The molecule has 106 valence electrons. The Hall–Kier alpha value is -1.38. The van der Waals surface area contributed by atoms with Gasteiger partial charge in [-0.15, -0.1) is 0 Å². The van der Waals surface area contributed by atoms with Crippen molar-refractivity contribution in [2.24, 2.45) is 23.2 Å². The Labute approximate surface area is 120 Å². The van der Waals surface area contributed by atoms with Crippen molar-refractivity contribution in [2.45, 2.75) is 45.4 Å². The van der Waals surface area contributed by atoms with Gasteiger partial charge in [0, 0.05) is 5.69 Å². The van der Waals surface area contributed by atoms with Crippen molar-refractivity contribution in [2.75, 3.05) is 5.32 Å². The Bertz CT molecular complexity index is 516. The van der Waals surface area contributed by atoms with Crippen molar-refractivity contribution in [1.82, 2.24) is 4.98 Å². The molecule has 20 heavy (non-hydrogen) atoms. The van der Waals surface area contributed by atoms with E-state index in [-0.39, 0.29) is 11.3 Å². The molecule has 1 heterocycles. The zero-order chi connectivity index (χ0) is 13.7. The van der Waals surface area contributed by atoms with Gasteiger partial charge in [-0.2, -0.15) is 0 Å². The van der Waals surface area contributed by atoms with Crippen molar-refractivity contribution >= 4 is 11.7 Å². The van der Waals surface area contributed by atoms with E-state index in [0.717, 1.165) is 42.7 Å². The van der Waals surface area contributed by atoms with Gasteiger partial charge in [0.05, 0.1) is 5.41 Å². The van der Waals surface area contributed by atoms with Gasteiger partial charge in [-0.3, -0.25) is 4.79 Å². The third kappa shape index (κ3) is 1.95. The summed E-state index contributed by atoms with van der Waals surface area (Å²) in [6.45, 7) is 1.96. The summed E-state index contributed by atoms with van der Waals surface area (Å²) in [7, 11) is 0. The number of anilines is 1. The van der Waals surface area contributed by atoms with E-state index in [0.29, 0.717) is 5.82 Å². The van der Waals surface area contributed by atoms with Gasteiger partial charge < -0.3 is 5.32 Å². The molecule has 0 spiro atoms. The Morgan fingerprint density at radius 1 is 1.15 bits per heavy atom. The minimum absolute atomic E-state index is 0.0832. The number of hydrogen-bond donors (Lipinski definition) is 1. The van der Waals surface area contributed by atoms with E-state index in [1.54, 1.807) is 0 Å². The number of hydrogen-bond acceptors (Lipinski definition) is 2. The van der Waals surface area contributed by atoms with Crippen LogP contribution in [0, 0.1) is 30.1 Å². The molecular formula is C17H22N2O. The number of nitrogens with one attached hydrogen (secondary N) is 1. The third-order valence-corrected chi connectivity index (χ3v) is 5.65. The Morgan fingerprint density at radius 2 is 1.75 bits per heavy atom. The SMILES string of the molecule is Cc1cccc(NC(=O)C23CC4CC(CC(C4)C2)C3)n1. The topological polar surface area (TPSA) is 42.0 Å². The van der Waals surface area contributed by atoms with E-state index in [1.165, 1.54) is 19.3 Å². The van der Waals surface area contributed by atoms with Crippen molar-refractivity contribution in [3.8, 4) is 0 Å². The van der Waals surface area contributed by atoms with Crippen LogP contribution < -0.4 is 5.32 Å². The lowest BCUT2D eigenvalue weighted by atomic mass is 9.49. The first kappa shape index (κ1) is 12.4. The van der Waals surface area contributed by atoms with Crippen molar-refractivity contribution < 1.29 is 4.79 Å². The minimum atomic E-state index is -0.0832. The highest BCUT2D eigenvalue weighted by Gasteiger charge is 2.54. The summed E-state index contributed by atoms with van der Waals surface area (Å²) in [5, 5.41) is 3.09. The summed E-state index contributed by atoms with van der Waals surface area (Å²) in [4.78, 5) is 17.2. The number of amides is 1. The van der Waals surface area contributed by atoms with Crippen molar-refractivity contribution in [3.63, 3.8) is 0 Å². The van der Waals surface area contributed by atoms with Crippen LogP contribution in [0.25, 0.3) is 0 Å². The Morgan fingerprint density at radius 3 is 2.30 bits per heavy atom. The molecule has 4 aliphatic carbocycles. The van der Waals surface area contributed by atoms with Crippen molar-refractivity contribution in [3.05, 3.63) is 23.9 Å². The standard InChI is InChI=1S/C17H22N2O/c1-11-3-2-4-15(18-11)19-16(20)17-8-12-5-13(9-17)7-14(6-12)10-17/h2-4,12-14H,5-10H2,1H3,(H,18,19,20).